The van der Waals surface area contributed by atoms with Crippen molar-refractivity contribution in [3.05, 3.63) is 59.3 Å². The van der Waals surface area contributed by atoms with Gasteiger partial charge in [-0.1, -0.05) is 35.9 Å². The Kier molecular flexibility index (Phi) is 3.95. The van der Waals surface area contributed by atoms with Gasteiger partial charge in [-0.3, -0.25) is 0 Å². The third-order valence-electron chi connectivity index (χ3n) is 2.83. The molecule has 3 heteroatoms. The van der Waals surface area contributed by atoms with E-state index in [0.29, 0.717) is 6.54 Å². The zero-order chi connectivity index (χ0) is 13.0. The predicted molar refractivity (Wildman–Crippen MR) is 73.6 cm³/mol. The lowest BCUT2D eigenvalue weighted by atomic mass is 10.1. The number of benzene rings is 1. The number of rotatable bonds is 4. The molecule has 0 bridgehead atoms. The van der Waals surface area contributed by atoms with Crippen LogP contribution in [0, 0.1) is 13.8 Å². The molecule has 1 aromatic carbocycles. The summed E-state index contributed by atoms with van der Waals surface area (Å²) in [5, 5.41) is 13.2. The number of anilines is 1. The van der Waals surface area contributed by atoms with Gasteiger partial charge in [-0.2, -0.15) is 0 Å². The van der Waals surface area contributed by atoms with E-state index in [4.69, 9.17) is 0 Å². The van der Waals surface area contributed by atoms with Gasteiger partial charge >= 0.3 is 0 Å². The second kappa shape index (κ2) is 5.65. The number of aliphatic hydroxyl groups is 1. The minimum Gasteiger partial charge on any atom is -0.387 e. The van der Waals surface area contributed by atoms with Gasteiger partial charge < -0.3 is 10.4 Å². The number of nitrogens with zero attached hydrogens (tertiary/aromatic N) is 1. The van der Waals surface area contributed by atoms with Gasteiger partial charge in [0, 0.05) is 12.2 Å². The topological polar surface area (TPSA) is 45.1 Å². The molecule has 0 unspecified atom stereocenters. The van der Waals surface area contributed by atoms with Crippen LogP contribution < -0.4 is 5.32 Å². The lowest BCUT2D eigenvalue weighted by Crippen LogP contribution is -2.13. The van der Waals surface area contributed by atoms with Crippen LogP contribution in [0.25, 0.3) is 0 Å². The van der Waals surface area contributed by atoms with Gasteiger partial charge in [0.1, 0.15) is 5.82 Å². The maximum Gasteiger partial charge on any atom is 0.126 e. The highest BCUT2D eigenvalue weighted by Crippen LogP contribution is 2.14. The Morgan fingerprint density at radius 3 is 2.50 bits per heavy atom. The van der Waals surface area contributed by atoms with Crippen LogP contribution in [0.15, 0.2) is 42.5 Å². The van der Waals surface area contributed by atoms with E-state index in [1.54, 1.807) is 0 Å². The Labute approximate surface area is 108 Å². The molecular weight excluding hydrogens is 224 g/mol. The van der Waals surface area contributed by atoms with Crippen molar-refractivity contribution >= 4 is 5.82 Å². The summed E-state index contributed by atoms with van der Waals surface area (Å²) in [5.74, 6) is 0.793. The summed E-state index contributed by atoms with van der Waals surface area (Å²) in [6.45, 7) is 4.44. The van der Waals surface area contributed by atoms with Gasteiger partial charge in [0.2, 0.25) is 0 Å². The zero-order valence-corrected chi connectivity index (χ0v) is 10.7. The summed E-state index contributed by atoms with van der Waals surface area (Å²) in [6.07, 6.45) is -0.520. The SMILES string of the molecule is Cc1ccc([C@H](O)CNc2cccc(C)n2)cc1. The van der Waals surface area contributed by atoms with Crippen molar-refractivity contribution in [3.8, 4) is 0 Å². The van der Waals surface area contributed by atoms with Gasteiger partial charge in [-0.15, -0.1) is 0 Å². The lowest BCUT2D eigenvalue weighted by Gasteiger charge is -2.13. The average molecular weight is 242 g/mol. The van der Waals surface area contributed by atoms with E-state index in [2.05, 4.69) is 10.3 Å². The summed E-state index contributed by atoms with van der Waals surface area (Å²) >= 11 is 0. The van der Waals surface area contributed by atoms with Gasteiger partial charge in [-0.25, -0.2) is 4.98 Å². The molecule has 18 heavy (non-hydrogen) atoms. The highest BCUT2D eigenvalue weighted by atomic mass is 16.3. The summed E-state index contributed by atoms with van der Waals surface area (Å²) in [5.41, 5.74) is 3.07. The van der Waals surface area contributed by atoms with Crippen molar-refractivity contribution in [2.24, 2.45) is 0 Å². The van der Waals surface area contributed by atoms with Crippen LogP contribution in [0.5, 0.6) is 0 Å². The van der Waals surface area contributed by atoms with E-state index in [9.17, 15) is 5.11 Å². The number of nitrogens with one attached hydrogen (secondary N) is 1. The first kappa shape index (κ1) is 12.6. The number of aryl methyl sites for hydroxylation is 2. The van der Waals surface area contributed by atoms with Crippen molar-refractivity contribution < 1.29 is 5.11 Å². The van der Waals surface area contributed by atoms with Crippen molar-refractivity contribution in [1.29, 1.82) is 0 Å². The Bertz CT molecular complexity index is 508. The molecule has 94 valence electrons. The van der Waals surface area contributed by atoms with Crippen molar-refractivity contribution in [1.82, 2.24) is 4.98 Å². The minimum absolute atomic E-state index is 0.458. The van der Waals surface area contributed by atoms with E-state index >= 15 is 0 Å². The lowest BCUT2D eigenvalue weighted by molar-refractivity contribution is 0.191. The van der Waals surface area contributed by atoms with Crippen LogP contribution in [0.4, 0.5) is 5.82 Å². The molecule has 0 spiro atoms. The van der Waals surface area contributed by atoms with Crippen LogP contribution in [-0.4, -0.2) is 16.6 Å². The molecule has 3 nitrogen and oxygen atoms in total. The van der Waals surface area contributed by atoms with Crippen molar-refractivity contribution in [2.75, 3.05) is 11.9 Å². The molecule has 0 aliphatic carbocycles. The monoisotopic (exact) mass is 242 g/mol. The molecule has 1 aromatic heterocycles. The summed E-state index contributed by atoms with van der Waals surface area (Å²) in [6, 6.07) is 13.7. The van der Waals surface area contributed by atoms with Gasteiger partial charge in [0.25, 0.3) is 0 Å². The molecule has 0 aliphatic heterocycles. The average Bonchev–Trinajstić information content (AvgIpc) is 2.37. The third-order valence-corrected chi connectivity index (χ3v) is 2.83. The Morgan fingerprint density at radius 1 is 1.11 bits per heavy atom. The second-order valence-electron chi connectivity index (χ2n) is 4.47. The van der Waals surface area contributed by atoms with Crippen LogP contribution in [0.1, 0.15) is 22.9 Å². The van der Waals surface area contributed by atoms with Crippen LogP contribution in [-0.2, 0) is 0 Å². The molecule has 1 heterocycles. The maximum absolute atomic E-state index is 10.1. The number of hydrogen-bond acceptors (Lipinski definition) is 3. The van der Waals surface area contributed by atoms with Gasteiger partial charge in [0.05, 0.1) is 6.10 Å². The van der Waals surface area contributed by atoms with Gasteiger partial charge in [0.15, 0.2) is 0 Å². The normalized spacial score (nSPS) is 12.2. The molecule has 2 aromatic rings. The molecule has 2 N–H and O–H groups in total. The number of hydrogen-bond donors (Lipinski definition) is 2. The van der Waals surface area contributed by atoms with Crippen molar-refractivity contribution in [3.63, 3.8) is 0 Å². The van der Waals surface area contributed by atoms with Crippen LogP contribution in [0.3, 0.4) is 0 Å². The van der Waals surface area contributed by atoms with E-state index < -0.39 is 6.10 Å². The van der Waals surface area contributed by atoms with Crippen molar-refractivity contribution in [2.45, 2.75) is 20.0 Å². The highest BCUT2D eigenvalue weighted by Gasteiger charge is 2.06. The smallest absolute Gasteiger partial charge is 0.126 e. The highest BCUT2D eigenvalue weighted by molar-refractivity contribution is 5.36. The quantitative estimate of drug-likeness (QED) is 0.866. The number of aromatic nitrogens is 1. The van der Waals surface area contributed by atoms with Gasteiger partial charge in [-0.05, 0) is 31.5 Å². The minimum atomic E-state index is -0.520. The Balaban J connectivity index is 1.96. The molecule has 0 amide bonds. The molecular formula is C15H18N2O. The second-order valence-corrected chi connectivity index (χ2v) is 4.47. The van der Waals surface area contributed by atoms with E-state index in [-0.39, 0.29) is 0 Å². The standard InChI is InChI=1S/C15H18N2O/c1-11-6-8-13(9-7-11)14(18)10-16-15-5-3-4-12(2)17-15/h3-9,14,18H,10H2,1-2H3,(H,16,17)/t14-/m1/s1. The largest absolute Gasteiger partial charge is 0.387 e. The molecule has 0 fully saturated rings. The van der Waals surface area contributed by atoms with E-state index in [1.807, 2.05) is 56.3 Å². The molecule has 2 rings (SSSR count). The van der Waals surface area contributed by atoms with Crippen LogP contribution >= 0.6 is 0 Å². The van der Waals surface area contributed by atoms with E-state index in [0.717, 1.165) is 17.1 Å². The maximum atomic E-state index is 10.1. The zero-order valence-electron chi connectivity index (χ0n) is 10.7. The molecule has 0 saturated heterocycles. The first-order valence-electron chi connectivity index (χ1n) is 6.07. The molecule has 0 radical (unpaired) electrons. The predicted octanol–water partition coefficient (Wildman–Crippen LogP) is 2.84. The molecule has 0 aliphatic rings. The first-order chi connectivity index (χ1) is 8.65. The fraction of sp³-hybridized carbons (Fsp3) is 0.267. The number of pyridine rings is 1. The summed E-state index contributed by atoms with van der Waals surface area (Å²) in [7, 11) is 0. The summed E-state index contributed by atoms with van der Waals surface area (Å²) in [4.78, 5) is 4.33. The van der Waals surface area contributed by atoms with E-state index in [1.165, 1.54) is 5.56 Å². The fourth-order valence-electron chi connectivity index (χ4n) is 1.75. The Morgan fingerprint density at radius 2 is 1.83 bits per heavy atom. The Hall–Kier alpha value is -1.87. The molecule has 1 atom stereocenters. The van der Waals surface area contributed by atoms with Crippen LogP contribution in [0.2, 0.25) is 0 Å². The summed E-state index contributed by atoms with van der Waals surface area (Å²) < 4.78 is 0. The first-order valence-corrected chi connectivity index (χ1v) is 6.07. The third kappa shape index (κ3) is 3.31. The molecule has 0 saturated carbocycles. The number of aliphatic hydroxyl groups excluding tert-OH is 1. The fourth-order valence-corrected chi connectivity index (χ4v) is 1.75.